The van der Waals surface area contributed by atoms with Gasteiger partial charge in [-0.2, -0.15) is 0 Å². The first kappa shape index (κ1) is 14.0. The number of hydrogen-bond acceptors (Lipinski definition) is 3. The van der Waals surface area contributed by atoms with Crippen molar-refractivity contribution in [2.75, 3.05) is 33.4 Å². The van der Waals surface area contributed by atoms with E-state index in [1.807, 2.05) is 4.90 Å². The largest absolute Gasteiger partial charge is 0.383 e. The summed E-state index contributed by atoms with van der Waals surface area (Å²) in [5.74, 6) is 2.64. The van der Waals surface area contributed by atoms with Crippen LogP contribution in [-0.4, -0.2) is 50.2 Å². The van der Waals surface area contributed by atoms with Crippen LogP contribution in [0.25, 0.3) is 0 Å². The van der Waals surface area contributed by atoms with Crippen LogP contribution in [0.5, 0.6) is 0 Å². The third kappa shape index (κ3) is 5.20. The molecule has 0 saturated carbocycles. The molecule has 0 spiro atoms. The highest BCUT2D eigenvalue weighted by Gasteiger charge is 2.20. The Hall–Kier alpha value is -1.05. The number of terminal acetylenes is 1. The molecule has 0 aromatic heterocycles. The molecule has 1 atom stereocenters. The van der Waals surface area contributed by atoms with Crippen LogP contribution in [0.1, 0.15) is 25.7 Å². The van der Waals surface area contributed by atoms with Crippen LogP contribution in [0.3, 0.4) is 0 Å². The molecule has 4 nitrogen and oxygen atoms in total. The van der Waals surface area contributed by atoms with Crippen LogP contribution < -0.4 is 5.32 Å². The lowest BCUT2D eigenvalue weighted by molar-refractivity contribution is -0.132. The summed E-state index contributed by atoms with van der Waals surface area (Å²) >= 11 is 0. The third-order valence-corrected chi connectivity index (χ3v) is 3.00. The molecule has 1 unspecified atom stereocenters. The zero-order valence-corrected chi connectivity index (χ0v) is 10.6. The zero-order chi connectivity index (χ0) is 12.5. The van der Waals surface area contributed by atoms with Gasteiger partial charge in [0.05, 0.1) is 6.61 Å². The summed E-state index contributed by atoms with van der Waals surface area (Å²) in [7, 11) is 1.65. The number of hydrogen-bond donors (Lipinski definition) is 1. The molecule has 0 aromatic rings. The summed E-state index contributed by atoms with van der Waals surface area (Å²) in [6.45, 7) is 3.06. The van der Waals surface area contributed by atoms with Crippen LogP contribution in [-0.2, 0) is 9.53 Å². The van der Waals surface area contributed by atoms with Gasteiger partial charge in [-0.05, 0) is 19.4 Å². The Kier molecular flexibility index (Phi) is 6.68. The Morgan fingerprint density at radius 2 is 2.47 bits per heavy atom. The molecule has 0 aliphatic carbocycles. The van der Waals surface area contributed by atoms with Crippen molar-refractivity contribution in [3.05, 3.63) is 0 Å². The highest BCUT2D eigenvalue weighted by atomic mass is 16.5. The van der Waals surface area contributed by atoms with Gasteiger partial charge in [0, 0.05) is 39.1 Å². The average molecular weight is 238 g/mol. The van der Waals surface area contributed by atoms with Crippen molar-refractivity contribution in [2.45, 2.75) is 31.7 Å². The number of nitrogens with zero attached hydrogens (tertiary/aromatic N) is 1. The van der Waals surface area contributed by atoms with Crippen molar-refractivity contribution in [2.24, 2.45) is 0 Å². The van der Waals surface area contributed by atoms with Gasteiger partial charge < -0.3 is 15.0 Å². The first-order chi connectivity index (χ1) is 8.27. The topological polar surface area (TPSA) is 41.6 Å². The summed E-state index contributed by atoms with van der Waals surface area (Å²) in [4.78, 5) is 13.8. The van der Waals surface area contributed by atoms with Crippen LogP contribution >= 0.6 is 0 Å². The highest BCUT2D eigenvalue weighted by Crippen LogP contribution is 2.08. The number of carbonyl (C=O) groups excluding carboxylic acids is 1. The average Bonchev–Trinajstić information content (AvgIpc) is 2.84. The van der Waals surface area contributed by atoms with E-state index in [0.717, 1.165) is 19.5 Å². The van der Waals surface area contributed by atoms with E-state index in [2.05, 4.69) is 11.2 Å². The van der Waals surface area contributed by atoms with Gasteiger partial charge in [0.1, 0.15) is 0 Å². The molecule has 1 fully saturated rings. The van der Waals surface area contributed by atoms with Gasteiger partial charge >= 0.3 is 0 Å². The second-order valence-electron chi connectivity index (χ2n) is 4.33. The number of methoxy groups -OCH3 is 1. The van der Waals surface area contributed by atoms with Crippen LogP contribution in [0.2, 0.25) is 0 Å². The lowest BCUT2D eigenvalue weighted by Crippen LogP contribution is -2.42. The van der Waals surface area contributed by atoms with Gasteiger partial charge in [-0.1, -0.05) is 0 Å². The Labute approximate surface area is 104 Å². The van der Waals surface area contributed by atoms with Gasteiger partial charge in [0.25, 0.3) is 0 Å². The van der Waals surface area contributed by atoms with E-state index in [4.69, 9.17) is 11.2 Å². The van der Waals surface area contributed by atoms with E-state index in [0.29, 0.717) is 32.0 Å². The first-order valence-electron chi connectivity index (χ1n) is 6.21. The molecular weight excluding hydrogens is 216 g/mol. The van der Waals surface area contributed by atoms with Crippen LogP contribution in [0.15, 0.2) is 0 Å². The Balaban J connectivity index is 2.40. The van der Waals surface area contributed by atoms with Crippen molar-refractivity contribution < 1.29 is 9.53 Å². The summed E-state index contributed by atoms with van der Waals surface area (Å²) in [5.41, 5.74) is 0. The Morgan fingerprint density at radius 1 is 1.65 bits per heavy atom. The summed E-state index contributed by atoms with van der Waals surface area (Å²) in [6, 6.07) is 0.432. The van der Waals surface area contributed by atoms with Crippen molar-refractivity contribution >= 4 is 5.91 Å². The minimum atomic E-state index is 0.133. The summed E-state index contributed by atoms with van der Waals surface area (Å²) < 4.78 is 5.04. The van der Waals surface area contributed by atoms with E-state index < -0.39 is 0 Å². The third-order valence-electron chi connectivity index (χ3n) is 3.00. The van der Waals surface area contributed by atoms with E-state index in [1.165, 1.54) is 6.42 Å². The maximum absolute atomic E-state index is 11.9. The predicted octanol–water partition coefficient (Wildman–Crippen LogP) is 0.627. The predicted molar refractivity (Wildman–Crippen MR) is 67.5 cm³/mol. The smallest absolute Gasteiger partial charge is 0.223 e. The number of ether oxygens (including phenoxy) is 1. The number of amides is 1. The van der Waals surface area contributed by atoms with Crippen molar-refractivity contribution in [3.63, 3.8) is 0 Å². The van der Waals surface area contributed by atoms with Gasteiger partial charge in [0.15, 0.2) is 0 Å². The molecule has 1 saturated heterocycles. The van der Waals surface area contributed by atoms with Gasteiger partial charge in [-0.25, -0.2) is 0 Å². The minimum Gasteiger partial charge on any atom is -0.383 e. The normalized spacial score (nSPS) is 18.9. The molecule has 0 bridgehead atoms. The molecule has 1 aliphatic heterocycles. The second kappa shape index (κ2) is 8.10. The van der Waals surface area contributed by atoms with Crippen molar-refractivity contribution in [3.8, 4) is 12.3 Å². The molecule has 17 heavy (non-hydrogen) atoms. The lowest BCUT2D eigenvalue weighted by atomic mass is 10.2. The molecular formula is C13H22N2O2. The lowest BCUT2D eigenvalue weighted by Gasteiger charge is -2.25. The quantitative estimate of drug-likeness (QED) is 0.661. The monoisotopic (exact) mass is 238 g/mol. The number of carbonyl (C=O) groups is 1. The first-order valence-corrected chi connectivity index (χ1v) is 6.21. The Morgan fingerprint density at radius 3 is 3.06 bits per heavy atom. The zero-order valence-electron chi connectivity index (χ0n) is 10.6. The van der Waals surface area contributed by atoms with Gasteiger partial charge in [-0.15, -0.1) is 12.3 Å². The number of rotatable bonds is 7. The molecule has 1 heterocycles. The fourth-order valence-electron chi connectivity index (χ4n) is 2.04. The SMILES string of the molecule is C#CCCC(=O)N(CCOC)CC1CCCN1. The standard InChI is InChI=1S/C13H22N2O2/c1-3-4-7-13(16)15(9-10-17-2)11-12-6-5-8-14-12/h1,12,14H,4-11H2,2H3. The minimum absolute atomic E-state index is 0.133. The van der Waals surface area contributed by atoms with Crippen LogP contribution in [0.4, 0.5) is 0 Å². The van der Waals surface area contributed by atoms with E-state index in [-0.39, 0.29) is 5.91 Å². The molecule has 1 rings (SSSR count). The molecule has 96 valence electrons. The van der Waals surface area contributed by atoms with E-state index in [9.17, 15) is 4.79 Å². The van der Waals surface area contributed by atoms with Crippen LogP contribution in [0, 0.1) is 12.3 Å². The van der Waals surface area contributed by atoms with Crippen molar-refractivity contribution in [1.29, 1.82) is 0 Å². The molecule has 0 radical (unpaired) electrons. The Bertz CT molecular complexity index is 267. The fourth-order valence-corrected chi connectivity index (χ4v) is 2.04. The molecule has 4 heteroatoms. The van der Waals surface area contributed by atoms with E-state index >= 15 is 0 Å². The van der Waals surface area contributed by atoms with Gasteiger partial charge in [0.2, 0.25) is 5.91 Å². The van der Waals surface area contributed by atoms with E-state index in [1.54, 1.807) is 7.11 Å². The van der Waals surface area contributed by atoms with Crippen molar-refractivity contribution in [1.82, 2.24) is 10.2 Å². The summed E-state index contributed by atoms with van der Waals surface area (Å²) in [6.07, 6.45) is 8.48. The highest BCUT2D eigenvalue weighted by molar-refractivity contribution is 5.76. The molecule has 0 aromatic carbocycles. The molecule has 1 N–H and O–H groups in total. The maximum atomic E-state index is 11.9. The summed E-state index contributed by atoms with van der Waals surface area (Å²) in [5, 5.41) is 3.40. The van der Waals surface area contributed by atoms with Gasteiger partial charge in [-0.3, -0.25) is 4.79 Å². The molecule has 1 aliphatic rings. The maximum Gasteiger partial charge on any atom is 0.223 e. The second-order valence-corrected chi connectivity index (χ2v) is 4.33. The fraction of sp³-hybridized carbons (Fsp3) is 0.769. The number of nitrogens with one attached hydrogen (secondary N) is 1. The molecule has 1 amide bonds.